The molecule has 0 aliphatic rings. The number of hydrogen-bond donors (Lipinski definition) is 2. The summed E-state index contributed by atoms with van der Waals surface area (Å²) in [5.74, 6) is -0.142. The molecule has 0 amide bonds. The van der Waals surface area contributed by atoms with Gasteiger partial charge in [0.1, 0.15) is 11.6 Å². The van der Waals surface area contributed by atoms with Gasteiger partial charge in [-0.25, -0.2) is 4.39 Å². The van der Waals surface area contributed by atoms with Crippen molar-refractivity contribution in [3.05, 3.63) is 57.9 Å². The molecule has 2 aromatic rings. The van der Waals surface area contributed by atoms with E-state index in [1.165, 1.54) is 12.1 Å². The summed E-state index contributed by atoms with van der Waals surface area (Å²) < 4.78 is 13.3. The first-order valence-corrected chi connectivity index (χ1v) is 6.34. The number of phenols is 1. The summed E-state index contributed by atoms with van der Waals surface area (Å²) in [5, 5.41) is 13.1. The number of benzene rings is 2. The summed E-state index contributed by atoms with van der Waals surface area (Å²) in [6.45, 7) is 4.16. The maximum Gasteiger partial charge on any atom is 0.142 e. The molecule has 0 aliphatic carbocycles. The minimum Gasteiger partial charge on any atom is -0.507 e. The Hall–Kier alpha value is -1.74. The van der Waals surface area contributed by atoms with Crippen molar-refractivity contribution >= 4 is 17.3 Å². The molecule has 2 aromatic carbocycles. The van der Waals surface area contributed by atoms with Crippen LogP contribution in [0.4, 0.5) is 10.1 Å². The molecule has 0 bridgehead atoms. The highest BCUT2D eigenvalue weighted by molar-refractivity contribution is 6.30. The highest BCUT2D eigenvalue weighted by Crippen LogP contribution is 2.28. The molecule has 0 fully saturated rings. The van der Waals surface area contributed by atoms with Gasteiger partial charge in [0.15, 0.2) is 0 Å². The van der Waals surface area contributed by atoms with Crippen LogP contribution in [-0.4, -0.2) is 5.11 Å². The Balaban J connectivity index is 2.14. The van der Waals surface area contributed by atoms with E-state index in [9.17, 15) is 9.50 Å². The second-order valence-electron chi connectivity index (χ2n) is 4.51. The molecule has 0 spiro atoms. The first-order chi connectivity index (χ1) is 8.99. The topological polar surface area (TPSA) is 32.3 Å². The van der Waals surface area contributed by atoms with E-state index in [1.807, 2.05) is 26.0 Å². The Kier molecular flexibility index (Phi) is 3.96. The zero-order chi connectivity index (χ0) is 14.0. The molecule has 2 nitrogen and oxygen atoms in total. The molecule has 2 rings (SSSR count). The molecule has 0 radical (unpaired) electrons. The van der Waals surface area contributed by atoms with E-state index in [4.69, 9.17) is 11.6 Å². The van der Waals surface area contributed by atoms with Crippen LogP contribution in [0.25, 0.3) is 0 Å². The summed E-state index contributed by atoms with van der Waals surface area (Å²) in [7, 11) is 0. The van der Waals surface area contributed by atoms with Crippen molar-refractivity contribution in [3.63, 3.8) is 0 Å². The molecular weight excluding hydrogens is 265 g/mol. The SMILES string of the molecule is Cc1ccc(NCc2ccc(Cl)c(F)c2)c(C)c1O. The molecule has 0 saturated heterocycles. The van der Waals surface area contributed by atoms with Crippen molar-refractivity contribution in [2.45, 2.75) is 20.4 Å². The average Bonchev–Trinajstić information content (AvgIpc) is 2.39. The van der Waals surface area contributed by atoms with Gasteiger partial charge in [-0.15, -0.1) is 0 Å². The van der Waals surface area contributed by atoms with Crippen molar-refractivity contribution in [3.8, 4) is 5.75 Å². The summed E-state index contributed by atoms with van der Waals surface area (Å²) >= 11 is 5.63. The molecule has 0 saturated carbocycles. The Morgan fingerprint density at radius 2 is 1.95 bits per heavy atom. The number of aryl methyl sites for hydroxylation is 1. The van der Waals surface area contributed by atoms with Gasteiger partial charge in [-0.2, -0.15) is 0 Å². The number of phenolic OH excluding ortho intramolecular Hbond substituents is 1. The highest BCUT2D eigenvalue weighted by atomic mass is 35.5. The van der Waals surface area contributed by atoms with Crippen molar-refractivity contribution in [1.82, 2.24) is 0 Å². The number of nitrogens with one attached hydrogen (secondary N) is 1. The van der Waals surface area contributed by atoms with E-state index in [2.05, 4.69) is 5.32 Å². The monoisotopic (exact) mass is 279 g/mol. The van der Waals surface area contributed by atoms with Gasteiger partial charge in [-0.05, 0) is 43.2 Å². The van der Waals surface area contributed by atoms with Crippen LogP contribution < -0.4 is 5.32 Å². The fourth-order valence-electron chi connectivity index (χ4n) is 1.87. The Morgan fingerprint density at radius 3 is 2.63 bits per heavy atom. The van der Waals surface area contributed by atoms with E-state index in [0.29, 0.717) is 6.54 Å². The van der Waals surface area contributed by atoms with Crippen LogP contribution in [0.2, 0.25) is 5.02 Å². The lowest BCUT2D eigenvalue weighted by Crippen LogP contribution is -2.02. The fraction of sp³-hybridized carbons (Fsp3) is 0.200. The molecule has 0 aliphatic heterocycles. The first kappa shape index (κ1) is 13.7. The second-order valence-corrected chi connectivity index (χ2v) is 4.91. The zero-order valence-corrected chi connectivity index (χ0v) is 11.6. The number of rotatable bonds is 3. The van der Waals surface area contributed by atoms with Gasteiger partial charge in [0.2, 0.25) is 0 Å². The predicted molar refractivity (Wildman–Crippen MR) is 76.3 cm³/mol. The summed E-state index contributed by atoms with van der Waals surface area (Å²) in [4.78, 5) is 0. The first-order valence-electron chi connectivity index (χ1n) is 5.96. The van der Waals surface area contributed by atoms with Crippen LogP contribution in [0, 0.1) is 19.7 Å². The van der Waals surface area contributed by atoms with Gasteiger partial charge >= 0.3 is 0 Å². The van der Waals surface area contributed by atoms with Crippen molar-refractivity contribution in [1.29, 1.82) is 0 Å². The Labute approximate surface area is 116 Å². The summed E-state index contributed by atoms with van der Waals surface area (Å²) in [5.41, 5.74) is 3.25. The van der Waals surface area contributed by atoms with Crippen LogP contribution in [0.3, 0.4) is 0 Å². The van der Waals surface area contributed by atoms with Crippen LogP contribution in [0.5, 0.6) is 5.75 Å². The van der Waals surface area contributed by atoms with E-state index in [1.54, 1.807) is 6.07 Å². The number of aromatic hydroxyl groups is 1. The molecule has 0 heterocycles. The van der Waals surface area contributed by atoms with Crippen LogP contribution in [0.1, 0.15) is 16.7 Å². The molecule has 0 unspecified atom stereocenters. The van der Waals surface area contributed by atoms with Crippen molar-refractivity contribution in [2.75, 3.05) is 5.32 Å². The third kappa shape index (κ3) is 2.99. The number of anilines is 1. The van der Waals surface area contributed by atoms with Crippen LogP contribution in [-0.2, 0) is 6.54 Å². The van der Waals surface area contributed by atoms with Crippen LogP contribution in [0.15, 0.2) is 30.3 Å². The van der Waals surface area contributed by atoms with E-state index in [0.717, 1.165) is 22.4 Å². The van der Waals surface area contributed by atoms with E-state index >= 15 is 0 Å². The van der Waals surface area contributed by atoms with Gasteiger partial charge in [0.25, 0.3) is 0 Å². The molecule has 0 atom stereocenters. The summed E-state index contributed by atoms with van der Waals surface area (Å²) in [6, 6.07) is 8.44. The molecule has 4 heteroatoms. The predicted octanol–water partition coefficient (Wildman–Crippen LogP) is 4.41. The molecular formula is C15H15ClFNO. The quantitative estimate of drug-likeness (QED) is 0.872. The average molecular weight is 280 g/mol. The molecule has 0 aromatic heterocycles. The largest absolute Gasteiger partial charge is 0.507 e. The minimum atomic E-state index is -0.426. The van der Waals surface area contributed by atoms with Gasteiger partial charge in [-0.3, -0.25) is 0 Å². The normalized spacial score (nSPS) is 10.5. The Bertz CT molecular complexity index is 613. The smallest absolute Gasteiger partial charge is 0.142 e. The second kappa shape index (κ2) is 5.49. The lowest BCUT2D eigenvalue weighted by Gasteiger charge is -2.12. The highest BCUT2D eigenvalue weighted by Gasteiger charge is 2.06. The molecule has 19 heavy (non-hydrogen) atoms. The van der Waals surface area contributed by atoms with Crippen molar-refractivity contribution < 1.29 is 9.50 Å². The Morgan fingerprint density at radius 1 is 1.21 bits per heavy atom. The fourth-order valence-corrected chi connectivity index (χ4v) is 1.99. The molecule has 2 N–H and O–H groups in total. The third-order valence-electron chi connectivity index (χ3n) is 3.10. The molecule has 100 valence electrons. The van der Waals surface area contributed by atoms with E-state index in [-0.39, 0.29) is 10.8 Å². The van der Waals surface area contributed by atoms with Crippen LogP contribution >= 0.6 is 11.6 Å². The number of hydrogen-bond acceptors (Lipinski definition) is 2. The standard InChI is InChI=1S/C15H15ClFNO/c1-9-3-6-14(10(2)15(9)19)18-8-11-4-5-12(16)13(17)7-11/h3-7,18-19H,8H2,1-2H3. The lowest BCUT2D eigenvalue weighted by molar-refractivity contribution is 0.467. The zero-order valence-electron chi connectivity index (χ0n) is 10.8. The van der Waals surface area contributed by atoms with Gasteiger partial charge in [0.05, 0.1) is 5.02 Å². The maximum absolute atomic E-state index is 13.3. The minimum absolute atomic E-state index is 0.118. The number of halogens is 2. The van der Waals surface area contributed by atoms with Gasteiger partial charge in [-0.1, -0.05) is 23.7 Å². The van der Waals surface area contributed by atoms with E-state index < -0.39 is 5.82 Å². The maximum atomic E-state index is 13.3. The summed E-state index contributed by atoms with van der Waals surface area (Å²) in [6.07, 6.45) is 0. The lowest BCUT2D eigenvalue weighted by atomic mass is 10.1. The van der Waals surface area contributed by atoms with Gasteiger partial charge < -0.3 is 10.4 Å². The third-order valence-corrected chi connectivity index (χ3v) is 3.41. The van der Waals surface area contributed by atoms with Gasteiger partial charge in [0, 0.05) is 17.8 Å². The van der Waals surface area contributed by atoms with Crippen molar-refractivity contribution in [2.24, 2.45) is 0 Å².